The Balaban J connectivity index is 2.32. The SMILES string of the molecule is CCOC(c1nc(C)c(CC(=O)O)c(=O)[nH]1)C1CC1. The summed E-state index contributed by atoms with van der Waals surface area (Å²) in [7, 11) is 0. The molecule has 1 saturated carbocycles. The van der Waals surface area contributed by atoms with Crippen molar-refractivity contribution < 1.29 is 14.6 Å². The molecule has 0 amide bonds. The summed E-state index contributed by atoms with van der Waals surface area (Å²) in [5, 5.41) is 8.77. The van der Waals surface area contributed by atoms with E-state index in [1.807, 2.05) is 6.92 Å². The van der Waals surface area contributed by atoms with E-state index in [2.05, 4.69) is 9.97 Å². The minimum absolute atomic E-state index is 0.185. The molecule has 1 heterocycles. The Morgan fingerprint density at radius 1 is 1.58 bits per heavy atom. The van der Waals surface area contributed by atoms with E-state index < -0.39 is 5.97 Å². The highest BCUT2D eigenvalue weighted by Gasteiger charge is 2.35. The number of aromatic nitrogens is 2. The summed E-state index contributed by atoms with van der Waals surface area (Å²) >= 11 is 0. The number of carboxylic acid groups (broad SMARTS) is 1. The normalized spacial score (nSPS) is 16.3. The van der Waals surface area contributed by atoms with Gasteiger partial charge in [-0.05, 0) is 32.6 Å². The number of nitrogens with one attached hydrogen (secondary N) is 1. The van der Waals surface area contributed by atoms with Crippen molar-refractivity contribution in [1.82, 2.24) is 9.97 Å². The molecule has 1 aliphatic rings. The van der Waals surface area contributed by atoms with Crippen LogP contribution in [-0.2, 0) is 16.0 Å². The van der Waals surface area contributed by atoms with Crippen molar-refractivity contribution in [3.63, 3.8) is 0 Å². The van der Waals surface area contributed by atoms with Gasteiger partial charge >= 0.3 is 5.97 Å². The number of rotatable bonds is 6. The van der Waals surface area contributed by atoms with Crippen LogP contribution in [0.15, 0.2) is 4.79 Å². The van der Waals surface area contributed by atoms with Gasteiger partial charge in [0.25, 0.3) is 5.56 Å². The number of nitrogens with zero attached hydrogens (tertiary/aromatic N) is 1. The largest absolute Gasteiger partial charge is 0.481 e. The lowest BCUT2D eigenvalue weighted by Gasteiger charge is -2.16. The Hall–Kier alpha value is -1.69. The molecule has 0 bridgehead atoms. The third-order valence-corrected chi connectivity index (χ3v) is 3.23. The van der Waals surface area contributed by atoms with Gasteiger partial charge in [0.2, 0.25) is 0 Å². The van der Waals surface area contributed by atoms with Gasteiger partial charge in [0.15, 0.2) is 0 Å². The van der Waals surface area contributed by atoms with Crippen LogP contribution < -0.4 is 5.56 Å². The van der Waals surface area contributed by atoms with Crippen LogP contribution in [0, 0.1) is 12.8 Å². The summed E-state index contributed by atoms with van der Waals surface area (Å²) in [6, 6.07) is 0. The van der Waals surface area contributed by atoms with Gasteiger partial charge in [0.05, 0.1) is 6.42 Å². The van der Waals surface area contributed by atoms with Gasteiger partial charge < -0.3 is 14.8 Å². The zero-order valence-electron chi connectivity index (χ0n) is 11.1. The molecule has 1 aromatic heterocycles. The Kier molecular flexibility index (Phi) is 3.99. The van der Waals surface area contributed by atoms with Crippen LogP contribution in [0.1, 0.15) is 43.0 Å². The third-order valence-electron chi connectivity index (χ3n) is 3.23. The van der Waals surface area contributed by atoms with E-state index in [4.69, 9.17) is 9.84 Å². The van der Waals surface area contributed by atoms with Crippen molar-refractivity contribution >= 4 is 5.97 Å². The van der Waals surface area contributed by atoms with Gasteiger partial charge in [-0.2, -0.15) is 0 Å². The topological polar surface area (TPSA) is 92.3 Å². The quantitative estimate of drug-likeness (QED) is 0.807. The first-order valence-corrected chi connectivity index (χ1v) is 6.46. The van der Waals surface area contributed by atoms with E-state index in [-0.39, 0.29) is 23.6 Å². The van der Waals surface area contributed by atoms with Gasteiger partial charge in [0, 0.05) is 17.9 Å². The molecule has 6 heteroatoms. The van der Waals surface area contributed by atoms with Crippen molar-refractivity contribution in [2.45, 2.75) is 39.2 Å². The van der Waals surface area contributed by atoms with E-state index in [0.29, 0.717) is 24.0 Å². The van der Waals surface area contributed by atoms with E-state index in [0.717, 1.165) is 12.8 Å². The molecule has 0 spiro atoms. The number of aromatic amines is 1. The van der Waals surface area contributed by atoms with Crippen molar-refractivity contribution in [3.05, 3.63) is 27.4 Å². The Morgan fingerprint density at radius 3 is 2.74 bits per heavy atom. The molecule has 1 aliphatic carbocycles. The number of carbonyl (C=O) groups is 1. The maximum absolute atomic E-state index is 11.9. The molecule has 1 atom stereocenters. The minimum Gasteiger partial charge on any atom is -0.481 e. The molecule has 0 saturated heterocycles. The standard InChI is InChI=1S/C13H18N2O4/c1-3-19-11(8-4-5-8)12-14-7(2)9(6-10(16)17)13(18)15-12/h8,11H,3-6H2,1-2H3,(H,16,17)(H,14,15,18). The second kappa shape index (κ2) is 5.52. The van der Waals surface area contributed by atoms with Gasteiger partial charge in [-0.15, -0.1) is 0 Å². The van der Waals surface area contributed by atoms with Crippen LogP contribution in [0.4, 0.5) is 0 Å². The molecular formula is C13H18N2O4. The van der Waals surface area contributed by atoms with E-state index in [1.165, 1.54) is 0 Å². The first-order valence-electron chi connectivity index (χ1n) is 6.46. The first-order chi connectivity index (χ1) is 9.02. The van der Waals surface area contributed by atoms with E-state index in [1.54, 1.807) is 6.92 Å². The minimum atomic E-state index is -1.04. The van der Waals surface area contributed by atoms with Crippen LogP contribution in [0.2, 0.25) is 0 Å². The van der Waals surface area contributed by atoms with Crippen LogP contribution in [0.25, 0.3) is 0 Å². The third kappa shape index (κ3) is 3.20. The molecule has 1 unspecified atom stereocenters. The molecule has 2 N–H and O–H groups in total. The lowest BCUT2D eigenvalue weighted by Crippen LogP contribution is -2.24. The number of hydrogen-bond donors (Lipinski definition) is 2. The highest BCUT2D eigenvalue weighted by molar-refractivity contribution is 5.70. The molecule has 104 valence electrons. The van der Waals surface area contributed by atoms with Crippen molar-refractivity contribution in [2.75, 3.05) is 6.61 Å². The van der Waals surface area contributed by atoms with Gasteiger partial charge in [-0.1, -0.05) is 0 Å². The number of hydrogen-bond acceptors (Lipinski definition) is 4. The van der Waals surface area contributed by atoms with Gasteiger partial charge in [-0.25, -0.2) is 4.98 Å². The summed E-state index contributed by atoms with van der Waals surface area (Å²) in [6.45, 7) is 4.12. The fourth-order valence-corrected chi connectivity index (χ4v) is 2.14. The van der Waals surface area contributed by atoms with Gasteiger partial charge in [0.1, 0.15) is 11.9 Å². The zero-order valence-corrected chi connectivity index (χ0v) is 11.1. The average molecular weight is 266 g/mol. The monoisotopic (exact) mass is 266 g/mol. The Labute approximate surface area is 110 Å². The lowest BCUT2D eigenvalue weighted by atomic mass is 10.1. The van der Waals surface area contributed by atoms with Crippen LogP contribution in [0.3, 0.4) is 0 Å². The summed E-state index contributed by atoms with van der Waals surface area (Å²) in [4.78, 5) is 29.6. The van der Waals surface area contributed by atoms with Crippen LogP contribution >= 0.6 is 0 Å². The summed E-state index contributed by atoms with van der Waals surface area (Å²) in [5.41, 5.74) is 0.295. The molecule has 1 fully saturated rings. The fraction of sp³-hybridized carbons (Fsp3) is 0.615. The molecule has 19 heavy (non-hydrogen) atoms. The average Bonchev–Trinajstić information content (AvgIpc) is 3.14. The number of carboxylic acids is 1. The fourth-order valence-electron chi connectivity index (χ4n) is 2.14. The predicted octanol–water partition coefficient (Wildman–Crippen LogP) is 1.19. The molecule has 1 aromatic rings. The van der Waals surface area contributed by atoms with E-state index in [9.17, 15) is 9.59 Å². The lowest BCUT2D eigenvalue weighted by molar-refractivity contribution is -0.136. The van der Waals surface area contributed by atoms with Crippen LogP contribution in [-0.4, -0.2) is 27.7 Å². The van der Waals surface area contributed by atoms with Crippen molar-refractivity contribution in [2.24, 2.45) is 5.92 Å². The van der Waals surface area contributed by atoms with Crippen LogP contribution in [0.5, 0.6) is 0 Å². The number of ether oxygens (including phenoxy) is 1. The molecule has 0 aromatic carbocycles. The molecular weight excluding hydrogens is 248 g/mol. The number of aryl methyl sites for hydroxylation is 1. The van der Waals surface area contributed by atoms with Crippen molar-refractivity contribution in [1.29, 1.82) is 0 Å². The highest BCUT2D eigenvalue weighted by atomic mass is 16.5. The summed E-state index contributed by atoms with van der Waals surface area (Å²) in [5.74, 6) is -0.111. The molecule has 0 radical (unpaired) electrons. The summed E-state index contributed by atoms with van der Waals surface area (Å²) < 4.78 is 5.63. The second-order valence-electron chi connectivity index (χ2n) is 4.80. The highest BCUT2D eigenvalue weighted by Crippen LogP contribution is 2.42. The smallest absolute Gasteiger partial charge is 0.308 e. The van der Waals surface area contributed by atoms with E-state index >= 15 is 0 Å². The molecule has 2 rings (SSSR count). The Bertz CT molecular complexity index is 534. The second-order valence-corrected chi connectivity index (χ2v) is 4.80. The Morgan fingerprint density at radius 2 is 2.26 bits per heavy atom. The number of H-pyrrole nitrogens is 1. The number of aliphatic carboxylic acids is 1. The molecule has 0 aliphatic heterocycles. The van der Waals surface area contributed by atoms with Gasteiger partial charge in [-0.3, -0.25) is 9.59 Å². The zero-order chi connectivity index (χ0) is 14.0. The maximum Gasteiger partial charge on any atom is 0.308 e. The maximum atomic E-state index is 11.9. The predicted molar refractivity (Wildman–Crippen MR) is 68.0 cm³/mol. The van der Waals surface area contributed by atoms with Crippen molar-refractivity contribution in [3.8, 4) is 0 Å². The first kappa shape index (κ1) is 13.7. The molecule has 6 nitrogen and oxygen atoms in total. The summed E-state index contributed by atoms with van der Waals surface area (Å²) in [6.07, 6.45) is 1.65.